The first-order valence-electron chi connectivity index (χ1n) is 12.7. The maximum atomic E-state index is 10.5. The Balaban J connectivity index is 1.30. The summed E-state index contributed by atoms with van der Waals surface area (Å²) >= 11 is 0. The van der Waals surface area contributed by atoms with Gasteiger partial charge in [0.15, 0.2) is 5.79 Å². The third kappa shape index (κ3) is 2.48. The van der Waals surface area contributed by atoms with Gasteiger partial charge in [-0.05, 0) is 85.9 Å². The summed E-state index contributed by atoms with van der Waals surface area (Å²) in [5, 5.41) is 20.8. The van der Waals surface area contributed by atoms with Crippen LogP contribution in [-0.4, -0.2) is 40.9 Å². The summed E-state index contributed by atoms with van der Waals surface area (Å²) in [4.78, 5) is 0. The van der Waals surface area contributed by atoms with Crippen molar-refractivity contribution in [2.24, 2.45) is 40.4 Å². The second kappa shape index (κ2) is 6.56. The number of rotatable bonds is 0. The summed E-state index contributed by atoms with van der Waals surface area (Å²) in [6.07, 6.45) is 11.3. The van der Waals surface area contributed by atoms with E-state index in [1.54, 1.807) is 0 Å². The van der Waals surface area contributed by atoms with E-state index >= 15 is 0 Å². The van der Waals surface area contributed by atoms with Gasteiger partial charge >= 0.3 is 0 Å². The van der Waals surface area contributed by atoms with Gasteiger partial charge in [-0.25, -0.2) is 0 Å². The van der Waals surface area contributed by atoms with Crippen molar-refractivity contribution < 1.29 is 19.7 Å². The fourth-order valence-corrected chi connectivity index (χ4v) is 9.61. The summed E-state index contributed by atoms with van der Waals surface area (Å²) in [5.41, 5.74) is 1.81. The van der Waals surface area contributed by atoms with E-state index < -0.39 is 12.2 Å². The van der Waals surface area contributed by atoms with Crippen LogP contribution in [-0.2, 0) is 9.47 Å². The standard InChI is InChI=1S/C26H40O4/c1-15-23-22(30-26(15)9-4-5-11-29-26)13-19-17-7-6-16-12-20(27)21(28)14-25(16,3)18(17)8-10-24(19,23)2/h6,15,17-23,27-28H,4-5,7-14H2,1-3H3. The van der Waals surface area contributed by atoms with E-state index in [0.717, 1.165) is 25.9 Å². The van der Waals surface area contributed by atoms with E-state index in [2.05, 4.69) is 26.8 Å². The highest BCUT2D eigenvalue weighted by molar-refractivity contribution is 5.27. The number of ether oxygens (including phenoxy) is 2. The van der Waals surface area contributed by atoms with Gasteiger partial charge < -0.3 is 19.7 Å². The molecule has 6 aliphatic rings. The van der Waals surface area contributed by atoms with Gasteiger partial charge in [0.25, 0.3) is 0 Å². The molecule has 0 amide bonds. The number of fused-ring (bicyclic) bond motifs is 7. The lowest BCUT2D eigenvalue weighted by Gasteiger charge is -2.59. The SMILES string of the molecule is CC1C2C(CC3C4CC=C5CC(O)C(O)CC5(C)C4CCC32C)OC12CCCCO2. The third-order valence-electron chi connectivity index (χ3n) is 11.1. The monoisotopic (exact) mass is 416 g/mol. The normalized spacial score (nSPS) is 59.8. The van der Waals surface area contributed by atoms with Gasteiger partial charge in [0.1, 0.15) is 0 Å². The first-order valence-corrected chi connectivity index (χ1v) is 12.7. The number of hydrogen-bond donors (Lipinski definition) is 2. The highest BCUT2D eigenvalue weighted by Gasteiger charge is 2.68. The number of allylic oxidation sites excluding steroid dienone is 1. The van der Waals surface area contributed by atoms with Crippen LogP contribution in [0.1, 0.15) is 78.6 Å². The zero-order chi connectivity index (χ0) is 20.9. The summed E-state index contributed by atoms with van der Waals surface area (Å²) in [6.45, 7) is 8.22. The minimum absolute atomic E-state index is 0.0563. The van der Waals surface area contributed by atoms with Crippen LogP contribution in [0, 0.1) is 40.4 Å². The highest BCUT2D eigenvalue weighted by Crippen LogP contribution is 2.70. The van der Waals surface area contributed by atoms with Gasteiger partial charge in [0, 0.05) is 12.3 Å². The molecule has 4 nitrogen and oxygen atoms in total. The molecule has 6 rings (SSSR count). The molecule has 2 N–H and O–H groups in total. The van der Waals surface area contributed by atoms with E-state index in [9.17, 15) is 10.2 Å². The number of aliphatic hydroxyl groups excluding tert-OH is 2. The van der Waals surface area contributed by atoms with E-state index in [1.165, 1.54) is 37.7 Å². The van der Waals surface area contributed by atoms with Gasteiger partial charge in [0.05, 0.1) is 24.9 Å². The zero-order valence-corrected chi connectivity index (χ0v) is 19.0. The summed E-state index contributed by atoms with van der Waals surface area (Å²) in [7, 11) is 0. The largest absolute Gasteiger partial charge is 0.390 e. The third-order valence-corrected chi connectivity index (χ3v) is 11.1. The van der Waals surface area contributed by atoms with E-state index in [0.29, 0.717) is 47.5 Å². The first kappa shape index (κ1) is 20.2. The molecule has 2 saturated heterocycles. The maximum absolute atomic E-state index is 10.5. The van der Waals surface area contributed by atoms with Crippen LogP contribution >= 0.6 is 0 Å². The molecule has 5 fully saturated rings. The molecular weight excluding hydrogens is 376 g/mol. The van der Waals surface area contributed by atoms with Crippen LogP contribution < -0.4 is 0 Å². The van der Waals surface area contributed by atoms with Crippen molar-refractivity contribution >= 4 is 0 Å². The Hall–Kier alpha value is -0.420. The van der Waals surface area contributed by atoms with Gasteiger partial charge in [-0.2, -0.15) is 0 Å². The molecule has 0 aromatic heterocycles. The van der Waals surface area contributed by atoms with Crippen LogP contribution in [0.5, 0.6) is 0 Å². The lowest BCUT2D eigenvalue weighted by atomic mass is 9.46. The van der Waals surface area contributed by atoms with Gasteiger partial charge in [-0.3, -0.25) is 0 Å². The summed E-state index contributed by atoms with van der Waals surface area (Å²) in [5.74, 6) is 2.79. The number of hydrogen-bond acceptors (Lipinski definition) is 4. The molecule has 1 spiro atoms. The zero-order valence-electron chi connectivity index (χ0n) is 19.0. The molecule has 0 aromatic rings. The van der Waals surface area contributed by atoms with Crippen molar-refractivity contribution in [3.8, 4) is 0 Å². The molecule has 2 heterocycles. The molecule has 0 radical (unpaired) electrons. The minimum Gasteiger partial charge on any atom is -0.390 e. The molecule has 3 saturated carbocycles. The molecule has 11 unspecified atom stereocenters. The van der Waals surface area contributed by atoms with E-state index in [-0.39, 0.29) is 11.2 Å². The average molecular weight is 417 g/mol. The fourth-order valence-electron chi connectivity index (χ4n) is 9.61. The lowest BCUT2D eigenvalue weighted by molar-refractivity contribution is -0.264. The quantitative estimate of drug-likeness (QED) is 0.573. The van der Waals surface area contributed by atoms with Crippen molar-refractivity contribution in [3.63, 3.8) is 0 Å². The molecule has 4 aliphatic carbocycles. The predicted molar refractivity (Wildman–Crippen MR) is 115 cm³/mol. The molecule has 2 aliphatic heterocycles. The molecule has 0 aromatic carbocycles. The Bertz CT molecular complexity index is 741. The summed E-state index contributed by atoms with van der Waals surface area (Å²) < 4.78 is 13.1. The van der Waals surface area contributed by atoms with E-state index in [1.807, 2.05) is 0 Å². The topological polar surface area (TPSA) is 58.9 Å². The molecule has 30 heavy (non-hydrogen) atoms. The molecule has 11 atom stereocenters. The highest BCUT2D eigenvalue weighted by atomic mass is 16.7. The van der Waals surface area contributed by atoms with Crippen LogP contribution in [0.4, 0.5) is 0 Å². The van der Waals surface area contributed by atoms with Crippen LogP contribution in [0.15, 0.2) is 11.6 Å². The van der Waals surface area contributed by atoms with Crippen molar-refractivity contribution in [1.29, 1.82) is 0 Å². The Kier molecular flexibility index (Phi) is 4.42. The Morgan fingerprint density at radius 2 is 1.90 bits per heavy atom. The van der Waals surface area contributed by atoms with Crippen LogP contribution in [0.25, 0.3) is 0 Å². The molecule has 168 valence electrons. The Morgan fingerprint density at radius 3 is 2.67 bits per heavy atom. The average Bonchev–Trinajstić information content (AvgIpc) is 3.14. The minimum atomic E-state index is -0.582. The molecule has 0 bridgehead atoms. The lowest BCUT2D eigenvalue weighted by Crippen LogP contribution is -2.54. The van der Waals surface area contributed by atoms with Gasteiger partial charge in [-0.1, -0.05) is 32.4 Å². The van der Waals surface area contributed by atoms with Gasteiger partial charge in [-0.15, -0.1) is 0 Å². The van der Waals surface area contributed by atoms with Crippen LogP contribution in [0.3, 0.4) is 0 Å². The van der Waals surface area contributed by atoms with Gasteiger partial charge in [0.2, 0.25) is 0 Å². The number of aliphatic hydroxyl groups is 2. The summed E-state index contributed by atoms with van der Waals surface area (Å²) in [6, 6.07) is 0. The second-order valence-corrected chi connectivity index (χ2v) is 12.2. The van der Waals surface area contributed by atoms with Crippen molar-refractivity contribution in [2.45, 2.75) is 103 Å². The molecular formula is C26H40O4. The Labute approximate surface area is 181 Å². The fraction of sp³-hybridized carbons (Fsp3) is 0.923. The van der Waals surface area contributed by atoms with E-state index in [4.69, 9.17) is 9.47 Å². The second-order valence-electron chi connectivity index (χ2n) is 12.2. The first-order chi connectivity index (χ1) is 14.3. The van der Waals surface area contributed by atoms with Crippen molar-refractivity contribution in [2.75, 3.05) is 6.61 Å². The smallest absolute Gasteiger partial charge is 0.171 e. The van der Waals surface area contributed by atoms with Crippen molar-refractivity contribution in [1.82, 2.24) is 0 Å². The molecule has 4 heteroatoms. The van der Waals surface area contributed by atoms with Crippen LogP contribution in [0.2, 0.25) is 0 Å². The Morgan fingerprint density at radius 1 is 1.07 bits per heavy atom. The predicted octanol–water partition coefficient (Wildman–Crippen LogP) is 4.44. The van der Waals surface area contributed by atoms with Crippen molar-refractivity contribution in [3.05, 3.63) is 11.6 Å². The maximum Gasteiger partial charge on any atom is 0.171 e.